The predicted molar refractivity (Wildman–Crippen MR) is 60.8 cm³/mol. The molecule has 1 aromatic carbocycles. The fraction of sp³-hybridized carbons (Fsp3) is 0.538. The topological polar surface area (TPSA) is 38.7 Å². The molecule has 0 saturated carbocycles. The molecule has 0 aromatic heterocycles. The monoisotopic (exact) mass is 222 g/mol. The first-order valence-corrected chi connectivity index (χ1v) is 5.55. The number of hydrogen-bond donors (Lipinski definition) is 1. The number of rotatable bonds is 3. The van der Waals surface area contributed by atoms with Crippen molar-refractivity contribution in [3.63, 3.8) is 0 Å². The van der Waals surface area contributed by atoms with E-state index in [-0.39, 0.29) is 11.5 Å². The molecule has 1 fully saturated rings. The quantitative estimate of drug-likeness (QED) is 0.849. The third-order valence-corrected chi connectivity index (χ3v) is 2.93. The zero-order valence-electron chi connectivity index (χ0n) is 9.72. The van der Waals surface area contributed by atoms with Gasteiger partial charge in [-0.25, -0.2) is 0 Å². The molecule has 1 heterocycles. The van der Waals surface area contributed by atoms with Crippen LogP contribution in [0.5, 0.6) is 0 Å². The van der Waals surface area contributed by atoms with Crippen LogP contribution in [-0.2, 0) is 16.1 Å². The van der Waals surface area contributed by atoms with Gasteiger partial charge in [0.25, 0.3) is 0 Å². The van der Waals surface area contributed by atoms with Crippen LogP contribution in [0.3, 0.4) is 0 Å². The summed E-state index contributed by atoms with van der Waals surface area (Å²) >= 11 is 0. The molecule has 1 aliphatic heterocycles. The van der Waals surface area contributed by atoms with Gasteiger partial charge in [-0.3, -0.25) is 0 Å². The Morgan fingerprint density at radius 1 is 1.38 bits per heavy atom. The van der Waals surface area contributed by atoms with Gasteiger partial charge in [-0.05, 0) is 5.56 Å². The average Bonchev–Trinajstić information content (AvgIpc) is 2.52. The fourth-order valence-electron chi connectivity index (χ4n) is 1.92. The highest BCUT2D eigenvalue weighted by atomic mass is 16.6. The summed E-state index contributed by atoms with van der Waals surface area (Å²) in [6.45, 7) is 5.13. The number of aliphatic hydroxyl groups excluding tert-OH is 1. The molecule has 0 spiro atoms. The minimum Gasteiger partial charge on any atom is -0.368 e. The van der Waals surface area contributed by atoms with Gasteiger partial charge in [0, 0.05) is 5.41 Å². The van der Waals surface area contributed by atoms with E-state index < -0.39 is 6.29 Å². The van der Waals surface area contributed by atoms with E-state index in [4.69, 9.17) is 9.47 Å². The van der Waals surface area contributed by atoms with Gasteiger partial charge in [-0.1, -0.05) is 44.2 Å². The lowest BCUT2D eigenvalue weighted by Gasteiger charge is -2.26. The van der Waals surface area contributed by atoms with Crippen molar-refractivity contribution in [3.8, 4) is 0 Å². The van der Waals surface area contributed by atoms with Gasteiger partial charge in [0.05, 0.1) is 13.2 Å². The predicted octanol–water partition coefficient (Wildman–Crippen LogP) is 1.95. The number of ether oxygens (including phenoxy) is 2. The maximum atomic E-state index is 9.66. The summed E-state index contributed by atoms with van der Waals surface area (Å²) < 4.78 is 10.9. The number of aliphatic hydroxyl groups is 1. The summed E-state index contributed by atoms with van der Waals surface area (Å²) in [5.74, 6) is 0. The normalized spacial score (nSPS) is 28.2. The summed E-state index contributed by atoms with van der Waals surface area (Å²) in [5.41, 5.74) is 0.978. The summed E-state index contributed by atoms with van der Waals surface area (Å²) in [5, 5.41) is 9.66. The van der Waals surface area contributed by atoms with E-state index in [1.165, 1.54) is 0 Å². The second kappa shape index (κ2) is 4.53. The van der Waals surface area contributed by atoms with Gasteiger partial charge >= 0.3 is 0 Å². The highest BCUT2D eigenvalue weighted by Crippen LogP contribution is 2.33. The molecule has 0 aliphatic carbocycles. The van der Waals surface area contributed by atoms with Gasteiger partial charge in [-0.2, -0.15) is 0 Å². The van der Waals surface area contributed by atoms with Crippen molar-refractivity contribution in [3.05, 3.63) is 35.9 Å². The molecule has 3 heteroatoms. The van der Waals surface area contributed by atoms with Crippen LogP contribution in [0.4, 0.5) is 0 Å². The number of hydrogen-bond acceptors (Lipinski definition) is 3. The maximum Gasteiger partial charge on any atom is 0.181 e. The minimum absolute atomic E-state index is 0.131. The van der Waals surface area contributed by atoms with Crippen molar-refractivity contribution < 1.29 is 14.6 Å². The highest BCUT2D eigenvalue weighted by Gasteiger charge is 2.43. The first-order chi connectivity index (χ1) is 7.59. The Labute approximate surface area is 96.0 Å². The van der Waals surface area contributed by atoms with Gasteiger partial charge in [0.1, 0.15) is 6.10 Å². The summed E-state index contributed by atoms with van der Waals surface area (Å²) in [4.78, 5) is 0. The zero-order valence-corrected chi connectivity index (χ0v) is 9.72. The van der Waals surface area contributed by atoms with E-state index in [1.54, 1.807) is 0 Å². The second-order valence-corrected chi connectivity index (χ2v) is 4.91. The molecule has 0 radical (unpaired) electrons. The van der Waals surface area contributed by atoms with Crippen LogP contribution in [0.25, 0.3) is 0 Å². The van der Waals surface area contributed by atoms with Crippen molar-refractivity contribution in [1.82, 2.24) is 0 Å². The Hall–Kier alpha value is -0.900. The van der Waals surface area contributed by atoms with Gasteiger partial charge in [0.15, 0.2) is 6.29 Å². The lowest BCUT2D eigenvalue weighted by Crippen LogP contribution is -2.35. The van der Waals surface area contributed by atoms with Crippen LogP contribution in [0.15, 0.2) is 30.3 Å². The Balaban J connectivity index is 1.95. The molecule has 16 heavy (non-hydrogen) atoms. The summed E-state index contributed by atoms with van der Waals surface area (Å²) in [6, 6.07) is 9.95. The van der Waals surface area contributed by atoms with Crippen LogP contribution in [0, 0.1) is 5.41 Å². The number of benzene rings is 1. The van der Waals surface area contributed by atoms with Crippen molar-refractivity contribution in [2.75, 3.05) is 6.61 Å². The van der Waals surface area contributed by atoms with E-state index in [0.717, 1.165) is 5.56 Å². The second-order valence-electron chi connectivity index (χ2n) is 4.91. The molecule has 88 valence electrons. The van der Waals surface area contributed by atoms with Crippen LogP contribution in [-0.4, -0.2) is 24.1 Å². The van der Waals surface area contributed by atoms with Crippen molar-refractivity contribution in [1.29, 1.82) is 0 Å². The van der Waals surface area contributed by atoms with Crippen molar-refractivity contribution in [2.45, 2.75) is 32.8 Å². The Kier molecular flexibility index (Phi) is 3.28. The molecule has 1 N–H and O–H groups in total. The summed E-state index contributed by atoms with van der Waals surface area (Å²) in [6.07, 6.45) is -1.06. The molecule has 0 bridgehead atoms. The molecule has 2 rings (SSSR count). The molecule has 2 unspecified atom stereocenters. The van der Waals surface area contributed by atoms with Crippen molar-refractivity contribution in [2.24, 2.45) is 5.41 Å². The standard InChI is InChI=1S/C13H18O3/c1-13(2)9-16-12(14)11(13)15-8-10-6-4-3-5-7-10/h3-7,11-12,14H,8-9H2,1-2H3. The van der Waals surface area contributed by atoms with Crippen LogP contribution in [0.1, 0.15) is 19.4 Å². The van der Waals surface area contributed by atoms with E-state index in [1.807, 2.05) is 44.2 Å². The minimum atomic E-state index is -0.807. The molecule has 1 aliphatic rings. The molecule has 1 saturated heterocycles. The Morgan fingerprint density at radius 3 is 2.62 bits per heavy atom. The van der Waals surface area contributed by atoms with Crippen LogP contribution >= 0.6 is 0 Å². The maximum absolute atomic E-state index is 9.66. The van der Waals surface area contributed by atoms with Gasteiger partial charge < -0.3 is 14.6 Å². The molecule has 2 atom stereocenters. The third kappa shape index (κ3) is 2.43. The third-order valence-electron chi connectivity index (χ3n) is 2.93. The molecule has 3 nitrogen and oxygen atoms in total. The van der Waals surface area contributed by atoms with E-state index in [0.29, 0.717) is 13.2 Å². The van der Waals surface area contributed by atoms with E-state index in [2.05, 4.69) is 0 Å². The largest absolute Gasteiger partial charge is 0.368 e. The van der Waals surface area contributed by atoms with Crippen molar-refractivity contribution >= 4 is 0 Å². The average molecular weight is 222 g/mol. The van der Waals surface area contributed by atoms with Gasteiger partial charge in [0.2, 0.25) is 0 Å². The molecular formula is C13H18O3. The molecule has 1 aromatic rings. The SMILES string of the molecule is CC1(C)COC(O)C1OCc1ccccc1. The first-order valence-electron chi connectivity index (χ1n) is 5.55. The zero-order chi connectivity index (χ0) is 11.6. The Bertz CT molecular complexity index is 334. The molecular weight excluding hydrogens is 204 g/mol. The fourth-order valence-corrected chi connectivity index (χ4v) is 1.92. The van der Waals surface area contributed by atoms with E-state index in [9.17, 15) is 5.11 Å². The van der Waals surface area contributed by atoms with E-state index >= 15 is 0 Å². The lowest BCUT2D eigenvalue weighted by atomic mass is 9.89. The van der Waals surface area contributed by atoms with Crippen LogP contribution in [0.2, 0.25) is 0 Å². The molecule has 0 amide bonds. The Morgan fingerprint density at radius 2 is 2.06 bits per heavy atom. The highest BCUT2D eigenvalue weighted by molar-refractivity contribution is 5.13. The van der Waals surface area contributed by atoms with Gasteiger partial charge in [-0.15, -0.1) is 0 Å². The first kappa shape index (κ1) is 11.6. The smallest absolute Gasteiger partial charge is 0.181 e. The summed E-state index contributed by atoms with van der Waals surface area (Å²) in [7, 11) is 0. The van der Waals surface area contributed by atoms with Crippen LogP contribution < -0.4 is 0 Å². The lowest BCUT2D eigenvalue weighted by molar-refractivity contribution is -0.138.